The first-order chi connectivity index (χ1) is 4.25. The molecule has 0 aromatic rings. The summed E-state index contributed by atoms with van der Waals surface area (Å²) >= 11 is 6.41. The van der Waals surface area contributed by atoms with Crippen LogP contribution in [0.2, 0.25) is 0 Å². The quantitative estimate of drug-likeness (QED) is 0.337. The second kappa shape index (κ2) is 2.58. The van der Waals surface area contributed by atoms with Gasteiger partial charge in [0.05, 0.1) is 0 Å². The molecular weight excluding hydrogens is 162 g/mol. The van der Waals surface area contributed by atoms with Gasteiger partial charge in [-0.1, -0.05) is 0 Å². The van der Waals surface area contributed by atoms with E-state index in [1.54, 1.807) is 0 Å². The summed E-state index contributed by atoms with van der Waals surface area (Å²) in [7, 11) is 0. The zero-order chi connectivity index (χ0) is 6.85. The molecule has 1 rings (SSSR count). The smallest absolute Gasteiger partial charge is 0.293 e. The van der Waals surface area contributed by atoms with Crippen LogP contribution in [-0.4, -0.2) is 22.8 Å². The van der Waals surface area contributed by atoms with E-state index in [0.717, 1.165) is 11.9 Å². The number of hydrogen-bond donors (Lipinski definition) is 1. The summed E-state index contributed by atoms with van der Waals surface area (Å²) < 4.78 is 2.31. The van der Waals surface area contributed by atoms with Gasteiger partial charge in [0, 0.05) is 5.88 Å². The van der Waals surface area contributed by atoms with Crippen LogP contribution in [0.4, 0.5) is 0 Å². The first-order valence-corrected chi connectivity index (χ1v) is 3.73. The number of rotatable bonds is 1. The summed E-state index contributed by atoms with van der Waals surface area (Å²) in [5, 5.41) is -0.376. The van der Waals surface area contributed by atoms with E-state index >= 15 is 0 Å². The number of ketones is 1. The van der Waals surface area contributed by atoms with Crippen LogP contribution in [0.15, 0.2) is 0 Å². The number of halogens is 1. The molecule has 0 aromatic heterocycles. The Labute approximate surface area is 61.3 Å². The third-order valence-electron chi connectivity index (χ3n) is 0.950. The van der Waals surface area contributed by atoms with Crippen molar-refractivity contribution in [2.24, 2.45) is 0 Å². The molecule has 1 unspecified atom stereocenters. The fourth-order valence-corrected chi connectivity index (χ4v) is 1.43. The molecule has 1 aliphatic rings. The van der Waals surface area contributed by atoms with E-state index in [9.17, 15) is 9.59 Å². The number of carbonyl (C=O) groups excluding carboxylic acids is 2. The van der Waals surface area contributed by atoms with Crippen LogP contribution in [0.1, 0.15) is 0 Å². The second-order valence-electron chi connectivity index (χ2n) is 1.56. The molecule has 1 fully saturated rings. The van der Waals surface area contributed by atoms with Crippen molar-refractivity contribution in [2.75, 3.05) is 5.88 Å². The standard InChI is InChI=1S/C4H4ClNO2S/c5-1-2-3(7)4(8)6-9-2/h2H,1H2,(H,6,8). The molecule has 1 amide bonds. The first-order valence-electron chi connectivity index (χ1n) is 2.31. The largest absolute Gasteiger partial charge is 0.298 e. The van der Waals surface area contributed by atoms with Crippen LogP contribution in [0.5, 0.6) is 0 Å². The fourth-order valence-electron chi connectivity index (χ4n) is 0.476. The highest BCUT2D eigenvalue weighted by Gasteiger charge is 2.32. The van der Waals surface area contributed by atoms with E-state index in [2.05, 4.69) is 4.72 Å². The highest BCUT2D eigenvalue weighted by atomic mass is 35.5. The Balaban J connectivity index is 2.62. The highest BCUT2D eigenvalue weighted by Crippen LogP contribution is 2.15. The predicted molar refractivity (Wildman–Crippen MR) is 35.2 cm³/mol. The van der Waals surface area contributed by atoms with E-state index in [4.69, 9.17) is 11.6 Å². The third kappa shape index (κ3) is 1.19. The topological polar surface area (TPSA) is 46.2 Å². The maximum Gasteiger partial charge on any atom is 0.298 e. The fraction of sp³-hybridized carbons (Fsp3) is 0.500. The maximum absolute atomic E-state index is 10.6. The molecule has 9 heavy (non-hydrogen) atoms. The number of hydrogen-bond acceptors (Lipinski definition) is 3. The zero-order valence-corrected chi connectivity index (χ0v) is 5.96. The van der Waals surface area contributed by atoms with Crippen LogP contribution < -0.4 is 4.72 Å². The summed E-state index contributed by atoms with van der Waals surface area (Å²) in [4.78, 5) is 21.0. The zero-order valence-electron chi connectivity index (χ0n) is 4.39. The molecule has 50 valence electrons. The van der Waals surface area contributed by atoms with Crippen LogP contribution in [-0.2, 0) is 9.59 Å². The molecule has 1 aliphatic heterocycles. The lowest BCUT2D eigenvalue weighted by Crippen LogP contribution is -2.21. The molecule has 0 aliphatic carbocycles. The van der Waals surface area contributed by atoms with Gasteiger partial charge in [-0.2, -0.15) is 0 Å². The maximum atomic E-state index is 10.6. The van der Waals surface area contributed by atoms with E-state index in [0.29, 0.717) is 0 Å². The van der Waals surface area contributed by atoms with Crippen molar-refractivity contribution in [3.63, 3.8) is 0 Å². The minimum atomic E-state index is -0.536. The van der Waals surface area contributed by atoms with Crippen LogP contribution >= 0.6 is 23.5 Å². The molecule has 0 radical (unpaired) electrons. The Morgan fingerprint density at radius 2 is 2.33 bits per heavy atom. The van der Waals surface area contributed by atoms with Crippen LogP contribution in [0.25, 0.3) is 0 Å². The Morgan fingerprint density at radius 3 is 2.56 bits per heavy atom. The van der Waals surface area contributed by atoms with Crippen molar-refractivity contribution in [3.05, 3.63) is 0 Å². The molecule has 5 heteroatoms. The third-order valence-corrected chi connectivity index (χ3v) is 2.41. The number of nitrogens with one attached hydrogen (secondary N) is 1. The summed E-state index contributed by atoms with van der Waals surface area (Å²) in [5.74, 6) is -0.761. The van der Waals surface area contributed by atoms with Crippen molar-refractivity contribution >= 4 is 35.2 Å². The molecular formula is C4H4ClNO2S. The van der Waals surface area contributed by atoms with Gasteiger partial charge in [-0.3, -0.25) is 14.3 Å². The summed E-state index contributed by atoms with van der Waals surface area (Å²) in [5.41, 5.74) is 0. The van der Waals surface area contributed by atoms with Gasteiger partial charge in [0.2, 0.25) is 5.78 Å². The Kier molecular flexibility index (Phi) is 1.97. The SMILES string of the molecule is O=C1NSC(CCl)C1=O. The Bertz CT molecular complexity index is 161. The Morgan fingerprint density at radius 1 is 1.67 bits per heavy atom. The van der Waals surface area contributed by atoms with Crippen molar-refractivity contribution in [1.82, 2.24) is 4.72 Å². The molecule has 0 aromatic carbocycles. The molecule has 1 saturated heterocycles. The summed E-state index contributed by atoms with van der Waals surface area (Å²) in [6.07, 6.45) is 0. The van der Waals surface area contributed by atoms with E-state index in [1.807, 2.05) is 0 Å². The van der Waals surface area contributed by atoms with Crippen LogP contribution in [0.3, 0.4) is 0 Å². The second-order valence-corrected chi connectivity index (χ2v) is 2.87. The lowest BCUT2D eigenvalue weighted by atomic mass is 10.3. The Hall–Kier alpha value is -0.220. The van der Waals surface area contributed by atoms with Gasteiger partial charge in [0.1, 0.15) is 5.25 Å². The molecule has 0 bridgehead atoms. The number of alkyl halides is 1. The predicted octanol–water partition coefficient (Wildman–Crippen LogP) is -0.0591. The van der Waals surface area contributed by atoms with Gasteiger partial charge in [0.15, 0.2) is 0 Å². The van der Waals surface area contributed by atoms with Gasteiger partial charge in [-0.15, -0.1) is 11.6 Å². The highest BCUT2D eigenvalue weighted by molar-refractivity contribution is 8.00. The van der Waals surface area contributed by atoms with Gasteiger partial charge >= 0.3 is 0 Å². The molecule has 0 saturated carbocycles. The first kappa shape index (κ1) is 6.89. The van der Waals surface area contributed by atoms with Gasteiger partial charge < -0.3 is 0 Å². The molecule has 0 spiro atoms. The van der Waals surface area contributed by atoms with Crippen molar-refractivity contribution in [3.8, 4) is 0 Å². The minimum absolute atomic E-state index is 0.197. The van der Waals surface area contributed by atoms with E-state index in [-0.39, 0.29) is 11.1 Å². The van der Waals surface area contributed by atoms with Gasteiger partial charge in [0.25, 0.3) is 5.91 Å². The average Bonchev–Trinajstić information content (AvgIpc) is 2.15. The summed E-state index contributed by atoms with van der Waals surface area (Å²) in [6.45, 7) is 0. The summed E-state index contributed by atoms with van der Waals surface area (Å²) in [6, 6.07) is 0. The van der Waals surface area contributed by atoms with Crippen LogP contribution in [0, 0.1) is 0 Å². The number of carbonyl (C=O) groups is 2. The lowest BCUT2D eigenvalue weighted by Gasteiger charge is -1.93. The number of amides is 1. The molecule has 1 heterocycles. The van der Waals surface area contributed by atoms with Gasteiger partial charge in [-0.05, 0) is 11.9 Å². The monoisotopic (exact) mass is 165 g/mol. The van der Waals surface area contributed by atoms with Gasteiger partial charge in [-0.25, -0.2) is 0 Å². The molecule has 1 N–H and O–H groups in total. The van der Waals surface area contributed by atoms with E-state index < -0.39 is 11.7 Å². The van der Waals surface area contributed by atoms with Crippen molar-refractivity contribution in [1.29, 1.82) is 0 Å². The van der Waals surface area contributed by atoms with E-state index in [1.165, 1.54) is 0 Å². The minimum Gasteiger partial charge on any atom is -0.293 e. The average molecular weight is 166 g/mol. The van der Waals surface area contributed by atoms with Crippen molar-refractivity contribution < 1.29 is 9.59 Å². The molecule has 3 nitrogen and oxygen atoms in total. The molecule has 1 atom stereocenters. The lowest BCUT2D eigenvalue weighted by molar-refractivity contribution is -0.135. The normalized spacial score (nSPS) is 26.6. The van der Waals surface area contributed by atoms with Crippen molar-refractivity contribution in [2.45, 2.75) is 5.25 Å². The number of Topliss-reactive ketones (excluding diaryl/α,β-unsaturated/α-hetero) is 1.